The van der Waals surface area contributed by atoms with Gasteiger partial charge >= 0.3 is 0 Å². The summed E-state index contributed by atoms with van der Waals surface area (Å²) in [5.41, 5.74) is 1.06. The van der Waals surface area contributed by atoms with Crippen molar-refractivity contribution in [1.82, 2.24) is 5.32 Å². The first-order valence-electron chi connectivity index (χ1n) is 7.47. The maximum absolute atomic E-state index is 11.9. The van der Waals surface area contributed by atoms with E-state index in [-0.39, 0.29) is 5.41 Å². The zero-order valence-corrected chi connectivity index (χ0v) is 13.3. The minimum Gasteiger partial charge on any atom is -0.385 e. The number of thioether (sulfide) groups is 1. The van der Waals surface area contributed by atoms with Crippen molar-refractivity contribution in [2.45, 2.75) is 64.2 Å². The molecule has 0 aliphatic carbocycles. The van der Waals surface area contributed by atoms with Crippen LogP contribution in [0.2, 0.25) is 0 Å². The number of Topliss-reactive ketones (excluding diaryl/α,β-unsaturated/α-hetero) is 1. The Kier molecular flexibility index (Phi) is 4.65. The first-order chi connectivity index (χ1) is 8.88. The van der Waals surface area contributed by atoms with Crippen molar-refractivity contribution in [3.8, 4) is 0 Å². The first kappa shape index (κ1) is 15.0. The second-order valence-electron chi connectivity index (χ2n) is 7.01. The number of hydrogen-bond acceptors (Lipinski definition) is 3. The molecule has 0 bridgehead atoms. The Balaban J connectivity index is 1.67. The van der Waals surface area contributed by atoms with Gasteiger partial charge in [-0.05, 0) is 25.2 Å². The molecule has 108 valence electrons. The van der Waals surface area contributed by atoms with Gasteiger partial charge in [0.25, 0.3) is 0 Å². The molecule has 0 amide bonds. The van der Waals surface area contributed by atoms with Crippen molar-refractivity contribution in [2.75, 3.05) is 5.75 Å². The molecule has 3 heteroatoms. The van der Waals surface area contributed by atoms with E-state index >= 15 is 0 Å². The van der Waals surface area contributed by atoms with Crippen LogP contribution in [0.15, 0.2) is 12.3 Å². The van der Waals surface area contributed by atoms with Gasteiger partial charge in [0.05, 0.1) is 0 Å². The molecule has 2 saturated heterocycles. The third-order valence-corrected chi connectivity index (χ3v) is 5.90. The molecule has 2 heterocycles. The highest BCUT2D eigenvalue weighted by molar-refractivity contribution is 8.00. The van der Waals surface area contributed by atoms with E-state index in [0.717, 1.165) is 30.4 Å². The van der Waals surface area contributed by atoms with Gasteiger partial charge in [0.2, 0.25) is 0 Å². The summed E-state index contributed by atoms with van der Waals surface area (Å²) in [6, 6.07) is 0.665. The second kappa shape index (κ2) is 5.90. The lowest BCUT2D eigenvalue weighted by atomic mass is 9.87. The molecule has 2 aliphatic rings. The number of rotatable bonds is 5. The van der Waals surface area contributed by atoms with Crippen LogP contribution in [0.3, 0.4) is 0 Å². The summed E-state index contributed by atoms with van der Waals surface area (Å²) in [6.07, 6.45) is 5.41. The lowest BCUT2D eigenvalue weighted by Crippen LogP contribution is -2.26. The number of nitrogens with one attached hydrogen (secondary N) is 1. The van der Waals surface area contributed by atoms with E-state index in [1.807, 2.05) is 20.8 Å². The molecule has 0 aromatic carbocycles. The van der Waals surface area contributed by atoms with Crippen LogP contribution in [0.25, 0.3) is 0 Å². The largest absolute Gasteiger partial charge is 0.385 e. The van der Waals surface area contributed by atoms with Gasteiger partial charge in [0, 0.05) is 34.6 Å². The van der Waals surface area contributed by atoms with E-state index in [2.05, 4.69) is 23.7 Å². The fourth-order valence-electron chi connectivity index (χ4n) is 3.07. The molecule has 19 heavy (non-hydrogen) atoms. The predicted molar refractivity (Wildman–Crippen MR) is 83.3 cm³/mol. The SMILES string of the molecule is C=C1CC2C(CSC2CCCCC(=O)C(C)(C)C)N1. The van der Waals surface area contributed by atoms with Crippen LogP contribution in [0.4, 0.5) is 0 Å². The van der Waals surface area contributed by atoms with E-state index < -0.39 is 0 Å². The number of allylic oxidation sites excluding steroid dienone is 1. The minimum atomic E-state index is -0.166. The lowest BCUT2D eigenvalue weighted by Gasteiger charge is -2.18. The number of ketones is 1. The monoisotopic (exact) mass is 281 g/mol. The van der Waals surface area contributed by atoms with Crippen molar-refractivity contribution in [3.63, 3.8) is 0 Å². The van der Waals surface area contributed by atoms with Gasteiger partial charge in [-0.1, -0.05) is 33.8 Å². The van der Waals surface area contributed by atoms with Crippen molar-refractivity contribution < 1.29 is 4.79 Å². The molecule has 2 aliphatic heterocycles. The summed E-state index contributed by atoms with van der Waals surface area (Å²) in [4.78, 5) is 11.9. The van der Waals surface area contributed by atoms with E-state index in [4.69, 9.17) is 0 Å². The third-order valence-electron chi connectivity index (χ3n) is 4.33. The van der Waals surface area contributed by atoms with Gasteiger partial charge in [-0.15, -0.1) is 0 Å². The number of carbonyl (C=O) groups is 1. The highest BCUT2D eigenvalue weighted by Crippen LogP contribution is 2.42. The Morgan fingerprint density at radius 2 is 2.16 bits per heavy atom. The van der Waals surface area contributed by atoms with Crippen molar-refractivity contribution in [2.24, 2.45) is 11.3 Å². The molecule has 3 unspecified atom stereocenters. The Morgan fingerprint density at radius 1 is 1.42 bits per heavy atom. The molecule has 0 spiro atoms. The summed E-state index contributed by atoms with van der Waals surface area (Å²) in [7, 11) is 0. The van der Waals surface area contributed by atoms with Crippen LogP contribution in [0.5, 0.6) is 0 Å². The molecule has 1 N–H and O–H groups in total. The van der Waals surface area contributed by atoms with Gasteiger partial charge in [0.1, 0.15) is 5.78 Å². The van der Waals surface area contributed by atoms with Crippen molar-refractivity contribution in [3.05, 3.63) is 12.3 Å². The van der Waals surface area contributed by atoms with Gasteiger partial charge in [0.15, 0.2) is 0 Å². The third kappa shape index (κ3) is 3.77. The number of carbonyl (C=O) groups excluding carboxylic acids is 1. The van der Waals surface area contributed by atoms with E-state index in [9.17, 15) is 4.79 Å². The van der Waals surface area contributed by atoms with Crippen LogP contribution in [0.1, 0.15) is 52.9 Å². The quantitative estimate of drug-likeness (QED) is 0.778. The molecule has 0 aromatic rings. The zero-order valence-electron chi connectivity index (χ0n) is 12.5. The molecule has 2 fully saturated rings. The summed E-state index contributed by atoms with van der Waals surface area (Å²) < 4.78 is 0. The average Bonchev–Trinajstić information content (AvgIpc) is 2.82. The van der Waals surface area contributed by atoms with E-state index in [1.54, 1.807) is 0 Å². The summed E-state index contributed by atoms with van der Waals surface area (Å²) in [6.45, 7) is 10.1. The highest BCUT2D eigenvalue weighted by atomic mass is 32.2. The Labute approximate surface area is 121 Å². The molecule has 2 nitrogen and oxygen atoms in total. The molecule has 0 saturated carbocycles. The first-order valence-corrected chi connectivity index (χ1v) is 8.52. The van der Waals surface area contributed by atoms with Crippen LogP contribution >= 0.6 is 11.8 Å². The zero-order chi connectivity index (χ0) is 14.0. The van der Waals surface area contributed by atoms with Gasteiger partial charge in [-0.25, -0.2) is 0 Å². The van der Waals surface area contributed by atoms with E-state index in [1.165, 1.54) is 24.3 Å². The molecule has 0 aromatic heterocycles. The highest BCUT2D eigenvalue weighted by Gasteiger charge is 2.40. The normalized spacial score (nSPS) is 30.3. The van der Waals surface area contributed by atoms with E-state index in [0.29, 0.717) is 11.8 Å². The molecule has 2 rings (SSSR count). The van der Waals surface area contributed by atoms with Crippen LogP contribution in [-0.2, 0) is 4.79 Å². The Morgan fingerprint density at radius 3 is 2.84 bits per heavy atom. The Bertz CT molecular complexity index is 358. The van der Waals surface area contributed by atoms with Crippen molar-refractivity contribution in [1.29, 1.82) is 0 Å². The maximum Gasteiger partial charge on any atom is 0.138 e. The maximum atomic E-state index is 11.9. The summed E-state index contributed by atoms with van der Waals surface area (Å²) >= 11 is 2.11. The summed E-state index contributed by atoms with van der Waals surface area (Å²) in [5, 5.41) is 4.28. The van der Waals surface area contributed by atoms with Gasteiger partial charge in [-0.3, -0.25) is 4.79 Å². The topological polar surface area (TPSA) is 29.1 Å². The number of fused-ring (bicyclic) bond motifs is 1. The smallest absolute Gasteiger partial charge is 0.138 e. The second-order valence-corrected chi connectivity index (χ2v) is 8.29. The number of hydrogen-bond donors (Lipinski definition) is 1. The van der Waals surface area contributed by atoms with Crippen molar-refractivity contribution >= 4 is 17.5 Å². The predicted octanol–water partition coefficient (Wildman–Crippen LogP) is 3.77. The van der Waals surface area contributed by atoms with Gasteiger partial charge in [-0.2, -0.15) is 11.8 Å². The molecule has 0 radical (unpaired) electrons. The fraction of sp³-hybridized carbons (Fsp3) is 0.812. The summed E-state index contributed by atoms with van der Waals surface area (Å²) in [5.74, 6) is 2.42. The van der Waals surface area contributed by atoms with Gasteiger partial charge < -0.3 is 5.32 Å². The van der Waals surface area contributed by atoms with Crippen LogP contribution < -0.4 is 5.32 Å². The average molecular weight is 281 g/mol. The van der Waals surface area contributed by atoms with Crippen LogP contribution in [0, 0.1) is 11.3 Å². The Hall–Kier alpha value is -0.440. The van der Waals surface area contributed by atoms with Crippen LogP contribution in [-0.4, -0.2) is 22.8 Å². The fourth-order valence-corrected chi connectivity index (χ4v) is 4.72. The minimum absolute atomic E-state index is 0.166. The molecular weight excluding hydrogens is 254 g/mol. The standard InChI is InChI=1S/C16H27NOS/c1-11-9-12-13(17-11)10-19-14(12)7-5-6-8-15(18)16(2,3)4/h12-14,17H,1,5-10H2,2-4H3. The molecular formula is C16H27NOS. The molecule has 3 atom stereocenters. The lowest BCUT2D eigenvalue weighted by molar-refractivity contribution is -0.126. The number of unbranched alkanes of at least 4 members (excludes halogenated alkanes) is 1.